The lowest BCUT2D eigenvalue weighted by Gasteiger charge is -2.13. The fraction of sp³-hybridized carbons (Fsp3) is 0.312. The van der Waals surface area contributed by atoms with Gasteiger partial charge in [-0.2, -0.15) is 8.78 Å². The van der Waals surface area contributed by atoms with Gasteiger partial charge in [-0.25, -0.2) is 4.98 Å². The summed E-state index contributed by atoms with van der Waals surface area (Å²) >= 11 is 3.35. The highest BCUT2D eigenvalue weighted by Crippen LogP contribution is 2.32. The van der Waals surface area contributed by atoms with Gasteiger partial charge in [-0.1, -0.05) is 54.0 Å². The topological polar surface area (TPSA) is 22.1 Å². The third kappa shape index (κ3) is 4.00. The second-order valence-corrected chi connectivity index (χ2v) is 5.55. The molecule has 0 saturated heterocycles. The molecule has 0 fully saturated rings. The van der Waals surface area contributed by atoms with Gasteiger partial charge in [0.25, 0.3) is 0 Å². The second-order valence-electron chi connectivity index (χ2n) is 4.99. The molecule has 112 valence electrons. The third-order valence-corrected chi connectivity index (χ3v) is 3.77. The minimum absolute atomic E-state index is 0.0457. The molecule has 1 aromatic heterocycles. The van der Waals surface area contributed by atoms with E-state index < -0.39 is 6.61 Å². The average Bonchev–Trinajstić information content (AvgIpc) is 2.47. The fourth-order valence-electron chi connectivity index (χ4n) is 2.02. The lowest BCUT2D eigenvalue weighted by Crippen LogP contribution is -2.05. The average molecular weight is 356 g/mol. The number of halogens is 3. The van der Waals surface area contributed by atoms with Crippen LogP contribution in [-0.4, -0.2) is 11.6 Å². The molecular weight excluding hydrogens is 340 g/mol. The van der Waals surface area contributed by atoms with Crippen LogP contribution in [0.2, 0.25) is 0 Å². The van der Waals surface area contributed by atoms with Crippen LogP contribution in [0.1, 0.15) is 30.9 Å². The molecule has 1 heterocycles. The SMILES string of the molecule is CC(C)c1cccc(-c2cc(CBr)cnc2OC(F)F)c1. The number of pyridine rings is 1. The normalized spacial score (nSPS) is 11.2. The van der Waals surface area contributed by atoms with E-state index in [9.17, 15) is 8.78 Å². The molecule has 1 aromatic carbocycles. The first-order valence-corrected chi connectivity index (χ1v) is 7.73. The van der Waals surface area contributed by atoms with Crippen molar-refractivity contribution in [2.75, 3.05) is 0 Å². The van der Waals surface area contributed by atoms with E-state index in [0.717, 1.165) is 16.7 Å². The van der Waals surface area contributed by atoms with Crippen LogP contribution >= 0.6 is 15.9 Å². The minimum atomic E-state index is -2.89. The summed E-state index contributed by atoms with van der Waals surface area (Å²) in [6, 6.07) is 9.61. The Balaban J connectivity index is 2.51. The molecule has 0 amide bonds. The number of nitrogens with zero attached hydrogens (tertiary/aromatic N) is 1. The number of hydrogen-bond donors (Lipinski definition) is 0. The summed E-state index contributed by atoms with van der Waals surface area (Å²) < 4.78 is 29.6. The molecule has 0 aliphatic rings. The Kier molecular flexibility index (Phi) is 5.28. The summed E-state index contributed by atoms with van der Waals surface area (Å²) in [6.45, 7) is 1.28. The smallest absolute Gasteiger partial charge is 0.388 e. The largest absolute Gasteiger partial charge is 0.416 e. The molecule has 0 spiro atoms. The van der Waals surface area contributed by atoms with Crippen LogP contribution in [0.25, 0.3) is 11.1 Å². The molecule has 0 saturated carbocycles. The van der Waals surface area contributed by atoms with E-state index in [1.54, 1.807) is 0 Å². The first-order chi connectivity index (χ1) is 10.0. The Morgan fingerprint density at radius 2 is 2.00 bits per heavy atom. The predicted octanol–water partition coefficient (Wildman–Crippen LogP) is 5.37. The van der Waals surface area contributed by atoms with Crippen molar-refractivity contribution >= 4 is 15.9 Å². The van der Waals surface area contributed by atoms with Gasteiger partial charge in [0.05, 0.1) is 0 Å². The van der Waals surface area contributed by atoms with Gasteiger partial charge in [0, 0.05) is 17.1 Å². The van der Waals surface area contributed by atoms with Crippen molar-refractivity contribution in [2.45, 2.75) is 31.7 Å². The zero-order chi connectivity index (χ0) is 15.4. The molecule has 2 aromatic rings. The van der Waals surface area contributed by atoms with Gasteiger partial charge in [0.2, 0.25) is 5.88 Å². The number of alkyl halides is 3. The predicted molar refractivity (Wildman–Crippen MR) is 83.0 cm³/mol. The first kappa shape index (κ1) is 15.9. The van der Waals surface area contributed by atoms with E-state index in [1.807, 2.05) is 30.3 Å². The van der Waals surface area contributed by atoms with Crippen LogP contribution in [0.15, 0.2) is 36.5 Å². The highest BCUT2D eigenvalue weighted by atomic mass is 79.9. The second kappa shape index (κ2) is 6.98. The van der Waals surface area contributed by atoms with Gasteiger partial charge < -0.3 is 4.74 Å². The summed E-state index contributed by atoms with van der Waals surface area (Å²) in [5.74, 6) is 0.312. The molecule has 0 unspecified atom stereocenters. The van der Waals surface area contributed by atoms with E-state index in [4.69, 9.17) is 0 Å². The van der Waals surface area contributed by atoms with Crippen LogP contribution in [0.4, 0.5) is 8.78 Å². The third-order valence-electron chi connectivity index (χ3n) is 3.13. The monoisotopic (exact) mass is 355 g/mol. The molecular formula is C16H16BrF2NO. The molecule has 5 heteroatoms. The first-order valence-electron chi connectivity index (χ1n) is 6.61. The maximum Gasteiger partial charge on any atom is 0.388 e. The molecule has 2 rings (SSSR count). The number of ether oxygens (including phenoxy) is 1. The van der Waals surface area contributed by atoms with Crippen molar-refractivity contribution in [1.82, 2.24) is 4.98 Å². The number of aromatic nitrogens is 1. The number of rotatable bonds is 5. The molecule has 21 heavy (non-hydrogen) atoms. The summed E-state index contributed by atoms with van der Waals surface area (Å²) in [5.41, 5.74) is 3.45. The Labute approximate surface area is 131 Å². The van der Waals surface area contributed by atoms with Crippen LogP contribution in [0.5, 0.6) is 5.88 Å². The summed E-state index contributed by atoms with van der Waals surface area (Å²) in [4.78, 5) is 4.01. The van der Waals surface area contributed by atoms with E-state index in [-0.39, 0.29) is 5.88 Å². The van der Waals surface area contributed by atoms with E-state index >= 15 is 0 Å². The summed E-state index contributed by atoms with van der Waals surface area (Å²) in [5, 5.41) is 0.603. The van der Waals surface area contributed by atoms with Gasteiger partial charge in [-0.3, -0.25) is 0 Å². The zero-order valence-corrected chi connectivity index (χ0v) is 13.4. The standard InChI is InChI=1S/C16H16BrF2NO/c1-10(2)12-4-3-5-13(7-12)14-6-11(8-17)9-20-15(14)21-16(18)19/h3-7,9-10,16H,8H2,1-2H3. The van der Waals surface area contributed by atoms with Crippen LogP contribution in [-0.2, 0) is 5.33 Å². The minimum Gasteiger partial charge on any atom is -0.416 e. The van der Waals surface area contributed by atoms with Gasteiger partial charge in [-0.05, 0) is 28.7 Å². The van der Waals surface area contributed by atoms with Crippen molar-refractivity contribution < 1.29 is 13.5 Å². The van der Waals surface area contributed by atoms with Crippen LogP contribution < -0.4 is 4.74 Å². The lowest BCUT2D eigenvalue weighted by molar-refractivity contribution is -0.0524. The molecule has 0 aliphatic heterocycles. The van der Waals surface area contributed by atoms with Crippen LogP contribution in [0, 0.1) is 0 Å². The van der Waals surface area contributed by atoms with Gasteiger partial charge in [-0.15, -0.1) is 0 Å². The highest BCUT2D eigenvalue weighted by Gasteiger charge is 2.14. The van der Waals surface area contributed by atoms with Gasteiger partial charge >= 0.3 is 6.61 Å². The van der Waals surface area contributed by atoms with Crippen molar-refractivity contribution in [3.05, 3.63) is 47.7 Å². The summed E-state index contributed by atoms with van der Waals surface area (Å²) in [7, 11) is 0. The molecule has 0 atom stereocenters. The molecule has 2 nitrogen and oxygen atoms in total. The molecule has 0 bridgehead atoms. The van der Waals surface area contributed by atoms with E-state index in [0.29, 0.717) is 16.8 Å². The molecule has 0 aliphatic carbocycles. The van der Waals surface area contributed by atoms with Crippen molar-refractivity contribution in [3.8, 4) is 17.0 Å². The lowest BCUT2D eigenvalue weighted by atomic mass is 9.97. The Hall–Kier alpha value is -1.49. The number of hydrogen-bond acceptors (Lipinski definition) is 2. The summed E-state index contributed by atoms with van der Waals surface area (Å²) in [6.07, 6.45) is 1.53. The van der Waals surface area contributed by atoms with Crippen molar-refractivity contribution in [3.63, 3.8) is 0 Å². The Morgan fingerprint density at radius 3 is 2.62 bits per heavy atom. The van der Waals surface area contributed by atoms with Gasteiger partial charge in [0.1, 0.15) is 0 Å². The quantitative estimate of drug-likeness (QED) is 0.672. The number of benzene rings is 1. The Bertz CT molecular complexity index is 617. The van der Waals surface area contributed by atoms with Crippen LogP contribution in [0.3, 0.4) is 0 Å². The van der Waals surface area contributed by atoms with Crippen molar-refractivity contribution in [2.24, 2.45) is 0 Å². The molecule has 0 radical (unpaired) electrons. The van der Waals surface area contributed by atoms with E-state index in [1.165, 1.54) is 6.20 Å². The fourth-order valence-corrected chi connectivity index (χ4v) is 2.33. The van der Waals surface area contributed by atoms with Gasteiger partial charge in [0.15, 0.2) is 0 Å². The maximum atomic E-state index is 12.5. The van der Waals surface area contributed by atoms with Crippen molar-refractivity contribution in [1.29, 1.82) is 0 Å². The maximum absolute atomic E-state index is 12.5. The molecule has 0 N–H and O–H groups in total. The highest BCUT2D eigenvalue weighted by molar-refractivity contribution is 9.08. The Morgan fingerprint density at radius 1 is 1.24 bits per heavy atom. The zero-order valence-electron chi connectivity index (χ0n) is 11.8. The van der Waals surface area contributed by atoms with E-state index in [2.05, 4.69) is 39.5 Å².